The molecule has 0 aromatic heterocycles. The van der Waals surface area contributed by atoms with Crippen molar-refractivity contribution in [3.8, 4) is 0 Å². The lowest BCUT2D eigenvalue weighted by Crippen LogP contribution is -2.52. The molecule has 24 heavy (non-hydrogen) atoms. The SMILES string of the molecule is CC(C)CN1CCN(C(=O)NCCCN(C)C2CCCCC2)CC1. The standard InChI is InChI=1S/C19H38N4O/c1-17(2)16-22-12-14-23(15-13-22)19(24)20-10-7-11-21(3)18-8-5-4-6-9-18/h17-18H,4-16H2,1-3H3,(H,20,24). The highest BCUT2D eigenvalue weighted by molar-refractivity contribution is 5.74. The van der Waals surface area contributed by atoms with Crippen molar-refractivity contribution < 1.29 is 4.79 Å². The molecule has 0 unspecified atom stereocenters. The van der Waals surface area contributed by atoms with Crippen LogP contribution in [0.5, 0.6) is 0 Å². The Kier molecular flexibility index (Phi) is 8.33. The number of nitrogens with one attached hydrogen (secondary N) is 1. The first kappa shape index (κ1) is 19.5. The van der Waals surface area contributed by atoms with Crippen molar-refractivity contribution in [2.75, 3.05) is 52.9 Å². The highest BCUT2D eigenvalue weighted by Crippen LogP contribution is 2.21. The minimum absolute atomic E-state index is 0.125. The van der Waals surface area contributed by atoms with Crippen molar-refractivity contribution in [1.29, 1.82) is 0 Å². The maximum Gasteiger partial charge on any atom is 0.317 e. The van der Waals surface area contributed by atoms with E-state index in [1.54, 1.807) is 0 Å². The Hall–Kier alpha value is -0.810. The summed E-state index contributed by atoms with van der Waals surface area (Å²) < 4.78 is 0. The molecule has 1 N–H and O–H groups in total. The Bertz CT molecular complexity index is 360. The van der Waals surface area contributed by atoms with Crippen LogP contribution in [-0.2, 0) is 0 Å². The summed E-state index contributed by atoms with van der Waals surface area (Å²) in [7, 11) is 2.24. The van der Waals surface area contributed by atoms with Gasteiger partial charge in [-0.1, -0.05) is 33.1 Å². The number of nitrogens with zero attached hydrogens (tertiary/aromatic N) is 3. The normalized spacial score (nSPS) is 20.8. The monoisotopic (exact) mass is 338 g/mol. The quantitative estimate of drug-likeness (QED) is 0.725. The van der Waals surface area contributed by atoms with Gasteiger partial charge in [0.1, 0.15) is 0 Å². The number of piperazine rings is 1. The maximum atomic E-state index is 12.3. The van der Waals surface area contributed by atoms with Crippen LogP contribution in [-0.4, -0.2) is 79.6 Å². The second-order valence-electron chi connectivity index (χ2n) is 8.04. The molecule has 1 aliphatic heterocycles. The molecule has 0 spiro atoms. The van der Waals surface area contributed by atoms with Gasteiger partial charge in [0.25, 0.3) is 0 Å². The van der Waals surface area contributed by atoms with Gasteiger partial charge < -0.3 is 15.1 Å². The van der Waals surface area contributed by atoms with Crippen LogP contribution in [0.3, 0.4) is 0 Å². The van der Waals surface area contributed by atoms with Gasteiger partial charge in [0.15, 0.2) is 0 Å². The van der Waals surface area contributed by atoms with E-state index >= 15 is 0 Å². The number of hydrogen-bond donors (Lipinski definition) is 1. The lowest BCUT2D eigenvalue weighted by Gasteiger charge is -2.35. The van der Waals surface area contributed by atoms with Gasteiger partial charge in [-0.05, 0) is 38.8 Å². The van der Waals surface area contributed by atoms with E-state index < -0.39 is 0 Å². The van der Waals surface area contributed by atoms with Crippen molar-refractivity contribution in [3.63, 3.8) is 0 Å². The largest absolute Gasteiger partial charge is 0.338 e. The molecule has 0 radical (unpaired) electrons. The summed E-state index contributed by atoms with van der Waals surface area (Å²) >= 11 is 0. The fourth-order valence-electron chi connectivity index (χ4n) is 3.99. The van der Waals surface area contributed by atoms with E-state index in [0.717, 1.165) is 58.3 Å². The summed E-state index contributed by atoms with van der Waals surface area (Å²) in [4.78, 5) is 19.2. The molecular formula is C19H38N4O. The topological polar surface area (TPSA) is 38.8 Å². The smallest absolute Gasteiger partial charge is 0.317 e. The fourth-order valence-corrected chi connectivity index (χ4v) is 3.99. The van der Waals surface area contributed by atoms with Gasteiger partial charge in [-0.2, -0.15) is 0 Å². The molecule has 140 valence electrons. The first-order chi connectivity index (χ1) is 11.6. The average molecular weight is 339 g/mol. The minimum atomic E-state index is 0.125. The molecule has 2 amide bonds. The van der Waals surface area contributed by atoms with Crippen LogP contribution in [0.4, 0.5) is 4.79 Å². The second-order valence-corrected chi connectivity index (χ2v) is 8.04. The predicted molar refractivity (Wildman–Crippen MR) is 100 cm³/mol. The van der Waals surface area contributed by atoms with E-state index in [4.69, 9.17) is 0 Å². The van der Waals surface area contributed by atoms with E-state index in [2.05, 4.69) is 36.0 Å². The van der Waals surface area contributed by atoms with Gasteiger partial charge >= 0.3 is 6.03 Å². The van der Waals surface area contributed by atoms with Gasteiger partial charge in [0.05, 0.1) is 0 Å². The zero-order valence-corrected chi connectivity index (χ0v) is 16.1. The van der Waals surface area contributed by atoms with Gasteiger partial charge in [0, 0.05) is 45.3 Å². The molecule has 5 heteroatoms. The summed E-state index contributed by atoms with van der Waals surface area (Å²) in [5.41, 5.74) is 0. The summed E-state index contributed by atoms with van der Waals surface area (Å²) in [6.45, 7) is 11.3. The number of urea groups is 1. The summed E-state index contributed by atoms with van der Waals surface area (Å²) in [6, 6.07) is 0.892. The average Bonchev–Trinajstić information content (AvgIpc) is 2.59. The summed E-state index contributed by atoms with van der Waals surface area (Å²) in [6.07, 6.45) is 7.92. The molecule has 2 aliphatic rings. The van der Waals surface area contributed by atoms with Crippen molar-refractivity contribution in [2.45, 2.75) is 58.4 Å². The van der Waals surface area contributed by atoms with E-state index in [0.29, 0.717) is 5.92 Å². The molecule has 1 saturated heterocycles. The molecule has 1 saturated carbocycles. The zero-order chi connectivity index (χ0) is 17.4. The van der Waals surface area contributed by atoms with Crippen molar-refractivity contribution in [3.05, 3.63) is 0 Å². The van der Waals surface area contributed by atoms with Crippen LogP contribution in [0.2, 0.25) is 0 Å². The van der Waals surface area contributed by atoms with Gasteiger partial charge in [0.2, 0.25) is 0 Å². The van der Waals surface area contributed by atoms with E-state index in [9.17, 15) is 4.79 Å². The molecule has 1 heterocycles. The van der Waals surface area contributed by atoms with Crippen LogP contribution in [0, 0.1) is 5.92 Å². The fraction of sp³-hybridized carbons (Fsp3) is 0.947. The van der Waals surface area contributed by atoms with Gasteiger partial charge in [-0.25, -0.2) is 4.79 Å². The summed E-state index contributed by atoms with van der Waals surface area (Å²) in [5.74, 6) is 0.700. The van der Waals surface area contributed by atoms with Crippen LogP contribution in [0.25, 0.3) is 0 Å². The second kappa shape index (κ2) is 10.2. The van der Waals surface area contributed by atoms with Crippen molar-refractivity contribution in [1.82, 2.24) is 20.0 Å². The number of carbonyl (C=O) groups is 1. The van der Waals surface area contributed by atoms with Crippen LogP contribution >= 0.6 is 0 Å². The third-order valence-corrected chi connectivity index (χ3v) is 5.44. The molecule has 0 bridgehead atoms. The molecule has 2 fully saturated rings. The Morgan fingerprint density at radius 3 is 2.42 bits per heavy atom. The van der Waals surface area contributed by atoms with Gasteiger partial charge in [-0.3, -0.25) is 4.90 Å². The Balaban J connectivity index is 1.55. The first-order valence-corrected chi connectivity index (χ1v) is 10.0. The first-order valence-electron chi connectivity index (χ1n) is 10.0. The lowest BCUT2D eigenvalue weighted by atomic mass is 9.94. The number of amides is 2. The Morgan fingerprint density at radius 1 is 1.12 bits per heavy atom. The summed E-state index contributed by atoms with van der Waals surface area (Å²) in [5, 5.41) is 3.11. The molecule has 0 atom stereocenters. The number of hydrogen-bond acceptors (Lipinski definition) is 3. The molecular weight excluding hydrogens is 300 g/mol. The zero-order valence-electron chi connectivity index (χ0n) is 16.1. The third-order valence-electron chi connectivity index (χ3n) is 5.44. The van der Waals surface area contributed by atoms with Crippen molar-refractivity contribution in [2.24, 2.45) is 5.92 Å². The Labute approximate surface area is 148 Å². The van der Waals surface area contributed by atoms with Crippen LogP contribution < -0.4 is 5.32 Å². The predicted octanol–water partition coefficient (Wildman–Crippen LogP) is 2.62. The minimum Gasteiger partial charge on any atom is -0.338 e. The highest BCUT2D eigenvalue weighted by Gasteiger charge is 2.21. The van der Waals surface area contributed by atoms with E-state index in [1.165, 1.54) is 32.1 Å². The molecule has 0 aromatic rings. The van der Waals surface area contributed by atoms with Crippen molar-refractivity contribution >= 4 is 6.03 Å². The number of rotatable bonds is 7. The molecule has 5 nitrogen and oxygen atoms in total. The van der Waals surface area contributed by atoms with E-state index in [-0.39, 0.29) is 6.03 Å². The molecule has 1 aliphatic carbocycles. The Morgan fingerprint density at radius 2 is 1.79 bits per heavy atom. The van der Waals surface area contributed by atoms with E-state index in [1.807, 2.05) is 4.90 Å². The molecule has 2 rings (SSSR count). The molecule has 0 aromatic carbocycles. The lowest BCUT2D eigenvalue weighted by molar-refractivity contribution is 0.130. The maximum absolute atomic E-state index is 12.3. The van der Waals surface area contributed by atoms with Gasteiger partial charge in [-0.15, -0.1) is 0 Å². The highest BCUT2D eigenvalue weighted by atomic mass is 16.2. The number of carbonyl (C=O) groups excluding carboxylic acids is 1. The van der Waals surface area contributed by atoms with Crippen LogP contribution in [0.1, 0.15) is 52.4 Å². The third kappa shape index (κ3) is 6.60. The van der Waals surface area contributed by atoms with Crippen LogP contribution in [0.15, 0.2) is 0 Å².